The maximum atomic E-state index is 11.4. The molecule has 0 aromatic heterocycles. The second-order valence-corrected chi connectivity index (χ2v) is 5.33. The third kappa shape index (κ3) is 2.46. The predicted octanol–water partition coefficient (Wildman–Crippen LogP) is -0.655. The number of Topliss-reactive ketones (excluding diaryl/α,β-unsaturated/α-hetero) is 1. The Bertz CT molecular complexity index is 739. The molecule has 0 aliphatic carbocycles. The van der Waals surface area contributed by atoms with Crippen molar-refractivity contribution in [2.24, 2.45) is 5.10 Å². The van der Waals surface area contributed by atoms with E-state index >= 15 is 0 Å². The molecule has 0 saturated carbocycles. The smallest absolute Gasteiger partial charge is 0.360 e. The molecule has 0 unspecified atom stereocenters. The van der Waals surface area contributed by atoms with Gasteiger partial charge in [-0.3, -0.25) is 14.4 Å². The highest BCUT2D eigenvalue weighted by molar-refractivity contribution is 7.86. The first-order valence-corrected chi connectivity index (χ1v) is 6.64. The number of carbonyl (C=O) groups excluding carboxylic acids is 1. The summed E-state index contributed by atoms with van der Waals surface area (Å²) in [6, 6.07) is 3.55. The van der Waals surface area contributed by atoms with Crippen LogP contribution in [0.1, 0.15) is 0 Å². The number of nitrogens with zero attached hydrogens (tertiary/aromatic N) is 2. The number of ketones is 1. The van der Waals surface area contributed by atoms with Crippen LogP contribution in [0.2, 0.25) is 0 Å². The van der Waals surface area contributed by atoms with Crippen LogP contribution in [0, 0.1) is 0 Å². The van der Waals surface area contributed by atoms with Crippen molar-refractivity contribution in [3.63, 3.8) is 0 Å². The lowest BCUT2D eigenvalue weighted by atomic mass is 10.2. The zero-order valence-electron chi connectivity index (χ0n) is 9.85. The van der Waals surface area contributed by atoms with Gasteiger partial charge in [-0.25, -0.2) is 4.79 Å². The van der Waals surface area contributed by atoms with Gasteiger partial charge in [0.25, 0.3) is 10.1 Å². The third-order valence-corrected chi connectivity index (χ3v) is 3.40. The van der Waals surface area contributed by atoms with Crippen LogP contribution < -0.4 is 10.7 Å². The van der Waals surface area contributed by atoms with Gasteiger partial charge in [-0.15, -0.1) is 0 Å². The molecule has 0 radical (unpaired) electrons. The van der Waals surface area contributed by atoms with Gasteiger partial charge in [0.1, 0.15) is 11.4 Å². The summed E-state index contributed by atoms with van der Waals surface area (Å²) < 4.78 is 31.7. The molecule has 1 aliphatic heterocycles. The van der Waals surface area contributed by atoms with E-state index in [9.17, 15) is 18.0 Å². The van der Waals surface area contributed by atoms with Crippen LogP contribution in [-0.2, 0) is 19.7 Å². The van der Waals surface area contributed by atoms with Crippen molar-refractivity contribution in [3.8, 4) is 0 Å². The molecule has 0 amide bonds. The van der Waals surface area contributed by atoms with Gasteiger partial charge >= 0.3 is 5.97 Å². The fourth-order valence-corrected chi connectivity index (χ4v) is 2.40. The van der Waals surface area contributed by atoms with E-state index in [1.54, 1.807) is 0 Å². The minimum absolute atomic E-state index is 0.0781. The van der Waals surface area contributed by atoms with E-state index in [0.717, 1.165) is 11.1 Å². The first kappa shape index (κ1) is 14.0. The first-order valence-electron chi connectivity index (χ1n) is 5.20. The predicted molar refractivity (Wildman–Crippen MR) is 68.1 cm³/mol. The Hall–Kier alpha value is -2.46. The van der Waals surface area contributed by atoms with Crippen LogP contribution in [0.5, 0.6) is 0 Å². The largest absolute Gasteiger partial charge is 0.476 e. The Morgan fingerprint density at radius 3 is 2.55 bits per heavy atom. The molecule has 2 rings (SSSR count). The van der Waals surface area contributed by atoms with Crippen molar-refractivity contribution < 1.29 is 27.7 Å². The fraction of sp³-hybridized carbons (Fsp3) is 0.100. The summed E-state index contributed by atoms with van der Waals surface area (Å²) >= 11 is 0. The molecule has 0 spiro atoms. The standard InChI is InChI=1S/C10H9N3O6S/c11-5-1-2-6(8(3-5)20(17,18)19)13-4-7(14)9(12-13)10(15)16/h1-3H,4,11H2,(H,15,16)(H,17,18,19). The normalized spacial score (nSPS) is 15.3. The molecule has 106 valence electrons. The summed E-state index contributed by atoms with van der Waals surface area (Å²) in [6.07, 6.45) is 0. The van der Waals surface area contributed by atoms with Crippen LogP contribution in [0.25, 0.3) is 0 Å². The molecule has 1 aromatic carbocycles. The minimum atomic E-state index is -4.60. The summed E-state index contributed by atoms with van der Waals surface area (Å²) in [5.41, 5.74) is 4.67. The monoisotopic (exact) mass is 299 g/mol. The maximum Gasteiger partial charge on any atom is 0.360 e. The highest BCUT2D eigenvalue weighted by Crippen LogP contribution is 2.29. The molecule has 0 atom stereocenters. The first-order chi connectivity index (χ1) is 9.20. The van der Waals surface area contributed by atoms with Crippen LogP contribution >= 0.6 is 0 Å². The summed E-state index contributed by atoms with van der Waals surface area (Å²) in [5, 5.41) is 13.2. The molecule has 1 aliphatic rings. The zero-order valence-corrected chi connectivity index (χ0v) is 10.7. The van der Waals surface area contributed by atoms with Gasteiger partial charge in [-0.2, -0.15) is 13.5 Å². The van der Waals surface area contributed by atoms with Crippen LogP contribution in [0.4, 0.5) is 11.4 Å². The van der Waals surface area contributed by atoms with Crippen LogP contribution in [-0.4, -0.2) is 42.1 Å². The number of benzene rings is 1. The van der Waals surface area contributed by atoms with E-state index in [1.165, 1.54) is 12.1 Å². The molecule has 0 bridgehead atoms. The Balaban J connectivity index is 2.56. The third-order valence-electron chi connectivity index (χ3n) is 2.52. The molecule has 4 N–H and O–H groups in total. The van der Waals surface area contributed by atoms with Crippen molar-refractivity contribution in [1.29, 1.82) is 0 Å². The Kier molecular flexibility index (Phi) is 3.19. The van der Waals surface area contributed by atoms with E-state index < -0.39 is 39.0 Å². The minimum Gasteiger partial charge on any atom is -0.476 e. The molecule has 9 nitrogen and oxygen atoms in total. The number of hydrogen-bond acceptors (Lipinski definition) is 7. The molecule has 0 saturated heterocycles. The zero-order chi connectivity index (χ0) is 15.1. The molecule has 1 aromatic rings. The van der Waals surface area contributed by atoms with Gasteiger partial charge in [0.15, 0.2) is 0 Å². The van der Waals surface area contributed by atoms with E-state index in [0.29, 0.717) is 0 Å². The van der Waals surface area contributed by atoms with Gasteiger partial charge in [0, 0.05) is 5.69 Å². The van der Waals surface area contributed by atoms with Crippen LogP contribution in [0.15, 0.2) is 28.2 Å². The van der Waals surface area contributed by atoms with Gasteiger partial charge in [-0.05, 0) is 18.2 Å². The van der Waals surface area contributed by atoms with E-state index in [2.05, 4.69) is 5.10 Å². The van der Waals surface area contributed by atoms with Crippen LogP contribution in [0.3, 0.4) is 0 Å². The van der Waals surface area contributed by atoms with Gasteiger partial charge in [0.05, 0.1) is 5.69 Å². The lowest BCUT2D eigenvalue weighted by Crippen LogP contribution is -2.23. The number of aliphatic carboxylic acids is 1. The Labute approximate surface area is 113 Å². The second kappa shape index (κ2) is 4.58. The molecule has 10 heteroatoms. The van der Waals surface area contributed by atoms with E-state index in [1.807, 2.05) is 0 Å². The number of carboxylic acid groups (broad SMARTS) is 1. The van der Waals surface area contributed by atoms with Crippen molar-refractivity contribution in [3.05, 3.63) is 18.2 Å². The lowest BCUT2D eigenvalue weighted by Gasteiger charge is -2.16. The number of carbonyl (C=O) groups is 2. The quantitative estimate of drug-likeness (QED) is 0.492. The van der Waals surface area contributed by atoms with Crippen molar-refractivity contribution in [2.45, 2.75) is 4.90 Å². The van der Waals surface area contributed by atoms with Crippen molar-refractivity contribution >= 4 is 39.0 Å². The lowest BCUT2D eigenvalue weighted by molar-refractivity contribution is -0.130. The number of rotatable bonds is 3. The summed E-state index contributed by atoms with van der Waals surface area (Å²) in [4.78, 5) is 21.6. The Morgan fingerprint density at radius 2 is 2.05 bits per heavy atom. The molecule has 0 fully saturated rings. The highest BCUT2D eigenvalue weighted by Gasteiger charge is 2.32. The highest BCUT2D eigenvalue weighted by atomic mass is 32.2. The number of hydrazone groups is 1. The molecule has 20 heavy (non-hydrogen) atoms. The number of hydrogen-bond donors (Lipinski definition) is 3. The SMILES string of the molecule is Nc1ccc(N2CC(=O)C(C(=O)O)=N2)c(S(=O)(=O)O)c1. The number of nitrogen functional groups attached to an aromatic ring is 1. The van der Waals surface area contributed by atoms with Crippen molar-refractivity contribution in [2.75, 3.05) is 17.3 Å². The Morgan fingerprint density at radius 1 is 1.40 bits per heavy atom. The maximum absolute atomic E-state index is 11.4. The summed E-state index contributed by atoms with van der Waals surface area (Å²) in [5.74, 6) is -2.28. The average molecular weight is 299 g/mol. The molecule has 1 heterocycles. The second-order valence-electron chi connectivity index (χ2n) is 3.94. The van der Waals surface area contributed by atoms with Crippen molar-refractivity contribution in [1.82, 2.24) is 0 Å². The van der Waals surface area contributed by atoms with Gasteiger partial charge < -0.3 is 10.8 Å². The molecular formula is C10H9N3O6S. The fourth-order valence-electron chi connectivity index (χ4n) is 1.67. The number of carboxylic acids is 1. The molecular weight excluding hydrogens is 290 g/mol. The van der Waals surface area contributed by atoms with E-state index in [4.69, 9.17) is 15.4 Å². The number of anilines is 2. The van der Waals surface area contributed by atoms with Gasteiger partial charge in [0.2, 0.25) is 11.5 Å². The topological polar surface area (TPSA) is 150 Å². The van der Waals surface area contributed by atoms with E-state index in [-0.39, 0.29) is 11.4 Å². The summed E-state index contributed by atoms with van der Waals surface area (Å²) in [6.45, 7) is -0.436. The summed E-state index contributed by atoms with van der Waals surface area (Å²) in [7, 11) is -4.60. The van der Waals surface area contributed by atoms with Gasteiger partial charge in [-0.1, -0.05) is 0 Å². The number of nitrogens with two attached hydrogens (primary N) is 1. The average Bonchev–Trinajstić information content (AvgIpc) is 2.70.